The van der Waals surface area contributed by atoms with Crippen LogP contribution >= 0.6 is 0 Å². The van der Waals surface area contributed by atoms with Crippen LogP contribution in [0.25, 0.3) is 0 Å². The second kappa shape index (κ2) is 4.56. The second-order valence-electron chi connectivity index (χ2n) is 4.82. The lowest BCUT2D eigenvalue weighted by Gasteiger charge is -2.27. The van der Waals surface area contributed by atoms with Crippen LogP contribution in [0.1, 0.15) is 32.3 Å². The summed E-state index contributed by atoms with van der Waals surface area (Å²) >= 11 is 0. The number of ether oxygens (including phenoxy) is 1. The monoisotopic (exact) mass is 219 g/mol. The van der Waals surface area contributed by atoms with Crippen molar-refractivity contribution in [3.05, 3.63) is 35.9 Å². The van der Waals surface area contributed by atoms with E-state index in [-0.39, 0.29) is 11.6 Å². The van der Waals surface area contributed by atoms with Gasteiger partial charge in [-0.3, -0.25) is 0 Å². The van der Waals surface area contributed by atoms with E-state index < -0.39 is 0 Å². The lowest BCUT2D eigenvalue weighted by molar-refractivity contribution is 0.0827. The summed E-state index contributed by atoms with van der Waals surface area (Å²) < 4.78 is 5.36. The van der Waals surface area contributed by atoms with Gasteiger partial charge in [-0.2, -0.15) is 0 Å². The molecule has 0 amide bonds. The van der Waals surface area contributed by atoms with Crippen LogP contribution in [-0.4, -0.2) is 19.3 Å². The largest absolute Gasteiger partial charge is 0.380 e. The average molecular weight is 219 g/mol. The van der Waals surface area contributed by atoms with Crippen molar-refractivity contribution in [2.45, 2.75) is 44.4 Å². The molecule has 1 aromatic rings. The molecule has 0 saturated heterocycles. The Balaban J connectivity index is 2.04. The Bertz CT molecular complexity index is 332. The molecule has 0 aliphatic heterocycles. The van der Waals surface area contributed by atoms with Gasteiger partial charge in [0.2, 0.25) is 0 Å². The highest BCUT2D eigenvalue weighted by molar-refractivity contribution is 5.30. The SMILES string of the molecule is COC(C)C(C)NC1(c2ccccc2)CC1. The third kappa shape index (κ3) is 2.28. The van der Waals surface area contributed by atoms with E-state index in [2.05, 4.69) is 49.5 Å². The van der Waals surface area contributed by atoms with E-state index in [9.17, 15) is 0 Å². The fourth-order valence-corrected chi connectivity index (χ4v) is 2.16. The first-order valence-electron chi connectivity index (χ1n) is 6.04. The van der Waals surface area contributed by atoms with Crippen molar-refractivity contribution in [2.24, 2.45) is 0 Å². The van der Waals surface area contributed by atoms with Gasteiger partial charge in [0, 0.05) is 18.7 Å². The number of benzene rings is 1. The van der Waals surface area contributed by atoms with Crippen molar-refractivity contribution in [1.82, 2.24) is 5.32 Å². The topological polar surface area (TPSA) is 21.3 Å². The van der Waals surface area contributed by atoms with Crippen LogP contribution in [0.4, 0.5) is 0 Å². The molecule has 2 unspecified atom stereocenters. The minimum absolute atomic E-state index is 0.216. The second-order valence-corrected chi connectivity index (χ2v) is 4.82. The molecule has 0 bridgehead atoms. The Morgan fingerprint density at radius 1 is 1.19 bits per heavy atom. The van der Waals surface area contributed by atoms with Gasteiger partial charge in [-0.25, -0.2) is 0 Å². The first-order valence-corrected chi connectivity index (χ1v) is 6.04. The number of rotatable bonds is 5. The summed E-state index contributed by atoms with van der Waals surface area (Å²) in [7, 11) is 1.77. The molecule has 1 aromatic carbocycles. The van der Waals surface area contributed by atoms with Crippen molar-refractivity contribution in [3.63, 3.8) is 0 Å². The van der Waals surface area contributed by atoms with Crippen LogP contribution < -0.4 is 5.32 Å². The fraction of sp³-hybridized carbons (Fsp3) is 0.571. The van der Waals surface area contributed by atoms with Crippen molar-refractivity contribution < 1.29 is 4.74 Å². The first-order chi connectivity index (χ1) is 7.68. The summed E-state index contributed by atoms with van der Waals surface area (Å²) in [6.45, 7) is 4.30. The van der Waals surface area contributed by atoms with Gasteiger partial charge >= 0.3 is 0 Å². The molecule has 2 heteroatoms. The summed E-state index contributed by atoms with van der Waals surface area (Å²) in [5, 5.41) is 3.71. The van der Waals surface area contributed by atoms with E-state index in [1.165, 1.54) is 18.4 Å². The van der Waals surface area contributed by atoms with E-state index in [1.807, 2.05) is 0 Å². The minimum atomic E-state index is 0.216. The van der Waals surface area contributed by atoms with E-state index in [4.69, 9.17) is 4.74 Å². The van der Waals surface area contributed by atoms with Crippen LogP contribution in [-0.2, 0) is 10.3 Å². The summed E-state index contributed by atoms with van der Waals surface area (Å²) in [6, 6.07) is 11.1. The standard InChI is InChI=1S/C14H21NO/c1-11(12(2)16-3)15-14(9-10-14)13-7-5-4-6-8-13/h4-8,11-12,15H,9-10H2,1-3H3. The maximum absolute atomic E-state index is 5.36. The molecule has 2 atom stereocenters. The van der Waals surface area contributed by atoms with Gasteiger partial charge in [-0.05, 0) is 32.3 Å². The zero-order valence-electron chi connectivity index (χ0n) is 10.4. The van der Waals surface area contributed by atoms with Gasteiger partial charge in [0.05, 0.1) is 6.10 Å². The molecular formula is C14H21NO. The molecule has 1 aliphatic rings. The highest BCUT2D eigenvalue weighted by atomic mass is 16.5. The Morgan fingerprint density at radius 2 is 1.81 bits per heavy atom. The van der Waals surface area contributed by atoms with Gasteiger partial charge in [0.25, 0.3) is 0 Å². The molecule has 0 spiro atoms. The lowest BCUT2D eigenvalue weighted by atomic mass is 10.0. The van der Waals surface area contributed by atoms with Crippen molar-refractivity contribution in [1.29, 1.82) is 0 Å². The quantitative estimate of drug-likeness (QED) is 0.822. The van der Waals surface area contributed by atoms with Crippen LogP contribution in [0.15, 0.2) is 30.3 Å². The third-order valence-electron chi connectivity index (χ3n) is 3.66. The molecule has 0 radical (unpaired) electrons. The van der Waals surface area contributed by atoms with Crippen LogP contribution in [0.5, 0.6) is 0 Å². The predicted octanol–water partition coefficient (Wildman–Crippen LogP) is 2.69. The summed E-state index contributed by atoms with van der Waals surface area (Å²) in [4.78, 5) is 0. The summed E-state index contributed by atoms with van der Waals surface area (Å²) in [5.74, 6) is 0. The van der Waals surface area contributed by atoms with E-state index in [0.29, 0.717) is 6.04 Å². The lowest BCUT2D eigenvalue weighted by Crippen LogP contribution is -2.43. The number of hydrogen-bond donors (Lipinski definition) is 1. The van der Waals surface area contributed by atoms with Gasteiger partial charge in [0.15, 0.2) is 0 Å². The zero-order valence-corrected chi connectivity index (χ0v) is 10.4. The number of methoxy groups -OCH3 is 1. The highest BCUT2D eigenvalue weighted by Crippen LogP contribution is 2.45. The van der Waals surface area contributed by atoms with Crippen molar-refractivity contribution in [2.75, 3.05) is 7.11 Å². The zero-order chi connectivity index (χ0) is 11.6. The third-order valence-corrected chi connectivity index (χ3v) is 3.66. The molecule has 16 heavy (non-hydrogen) atoms. The molecule has 1 N–H and O–H groups in total. The number of hydrogen-bond acceptors (Lipinski definition) is 2. The van der Waals surface area contributed by atoms with Gasteiger partial charge in [0.1, 0.15) is 0 Å². The van der Waals surface area contributed by atoms with Gasteiger partial charge in [-0.1, -0.05) is 30.3 Å². The number of nitrogens with one attached hydrogen (secondary N) is 1. The highest BCUT2D eigenvalue weighted by Gasteiger charge is 2.45. The molecule has 2 rings (SSSR count). The molecule has 0 aromatic heterocycles. The normalized spacial score (nSPS) is 21.4. The van der Waals surface area contributed by atoms with Crippen molar-refractivity contribution in [3.8, 4) is 0 Å². The van der Waals surface area contributed by atoms with Crippen LogP contribution in [0, 0.1) is 0 Å². The molecule has 88 valence electrons. The van der Waals surface area contributed by atoms with Crippen molar-refractivity contribution >= 4 is 0 Å². The van der Waals surface area contributed by atoms with Gasteiger partial charge < -0.3 is 10.1 Å². The van der Waals surface area contributed by atoms with Crippen LogP contribution in [0.3, 0.4) is 0 Å². The van der Waals surface area contributed by atoms with E-state index in [0.717, 1.165) is 0 Å². The maximum atomic E-state index is 5.36. The molecular weight excluding hydrogens is 198 g/mol. The Labute approximate surface area is 98.0 Å². The first kappa shape index (κ1) is 11.6. The molecule has 0 heterocycles. The Morgan fingerprint density at radius 3 is 2.31 bits per heavy atom. The minimum Gasteiger partial charge on any atom is -0.380 e. The summed E-state index contributed by atoms with van der Waals surface area (Å²) in [5.41, 5.74) is 1.62. The van der Waals surface area contributed by atoms with E-state index >= 15 is 0 Å². The van der Waals surface area contributed by atoms with E-state index in [1.54, 1.807) is 7.11 Å². The Kier molecular flexibility index (Phi) is 3.31. The smallest absolute Gasteiger partial charge is 0.0693 e. The fourth-order valence-electron chi connectivity index (χ4n) is 2.16. The molecule has 1 aliphatic carbocycles. The molecule has 2 nitrogen and oxygen atoms in total. The average Bonchev–Trinajstić information content (AvgIpc) is 3.10. The maximum Gasteiger partial charge on any atom is 0.0693 e. The van der Waals surface area contributed by atoms with Gasteiger partial charge in [-0.15, -0.1) is 0 Å². The Hall–Kier alpha value is -0.860. The summed E-state index contributed by atoms with van der Waals surface area (Å²) in [6.07, 6.45) is 2.72. The molecule has 1 fully saturated rings. The predicted molar refractivity (Wildman–Crippen MR) is 66.4 cm³/mol. The van der Waals surface area contributed by atoms with Crippen LogP contribution in [0.2, 0.25) is 0 Å². The molecule has 1 saturated carbocycles.